The second kappa shape index (κ2) is 6.10. The van der Waals surface area contributed by atoms with Gasteiger partial charge in [0, 0.05) is 23.7 Å². The maximum absolute atomic E-state index is 13.7. The minimum Gasteiger partial charge on any atom is -0.390 e. The van der Waals surface area contributed by atoms with E-state index in [1.165, 1.54) is 12.1 Å². The van der Waals surface area contributed by atoms with Crippen molar-refractivity contribution in [3.05, 3.63) is 34.6 Å². The summed E-state index contributed by atoms with van der Waals surface area (Å²) in [6.07, 6.45) is 1.94. The van der Waals surface area contributed by atoms with Crippen molar-refractivity contribution in [2.45, 2.75) is 38.2 Å². The standard InChI is InChI=1S/C15H19ClFNO2/c1-15(20)6-3-8-18(9-7-15)14(19)10-11-12(16)4-2-5-13(11)17/h2,4-5,20H,3,6-10H2,1H3. The summed E-state index contributed by atoms with van der Waals surface area (Å²) in [7, 11) is 0. The van der Waals surface area contributed by atoms with Gasteiger partial charge in [0.25, 0.3) is 0 Å². The molecule has 1 aliphatic rings. The second-order valence-corrected chi connectivity index (χ2v) is 6.02. The average Bonchev–Trinajstić information content (AvgIpc) is 2.55. The molecule has 3 nitrogen and oxygen atoms in total. The molecule has 0 aliphatic carbocycles. The van der Waals surface area contributed by atoms with Crippen LogP contribution in [0.1, 0.15) is 31.7 Å². The van der Waals surface area contributed by atoms with E-state index in [1.54, 1.807) is 17.9 Å². The molecule has 5 heteroatoms. The summed E-state index contributed by atoms with van der Waals surface area (Å²) in [6, 6.07) is 4.41. The van der Waals surface area contributed by atoms with Crippen LogP contribution in [0.3, 0.4) is 0 Å². The van der Waals surface area contributed by atoms with Gasteiger partial charge >= 0.3 is 0 Å². The molecule has 1 aliphatic heterocycles. The Morgan fingerprint density at radius 1 is 1.45 bits per heavy atom. The lowest BCUT2D eigenvalue weighted by molar-refractivity contribution is -0.130. The lowest BCUT2D eigenvalue weighted by atomic mass is 9.98. The van der Waals surface area contributed by atoms with Gasteiger partial charge in [0.15, 0.2) is 0 Å². The fourth-order valence-electron chi connectivity index (χ4n) is 2.48. The first kappa shape index (κ1) is 15.3. The summed E-state index contributed by atoms with van der Waals surface area (Å²) in [4.78, 5) is 13.9. The number of hydrogen-bond donors (Lipinski definition) is 1. The lowest BCUT2D eigenvalue weighted by Gasteiger charge is -2.23. The Hall–Kier alpha value is -1.13. The fraction of sp³-hybridized carbons (Fsp3) is 0.533. The van der Waals surface area contributed by atoms with Gasteiger partial charge in [-0.15, -0.1) is 0 Å². The average molecular weight is 300 g/mol. The molecular weight excluding hydrogens is 281 g/mol. The summed E-state index contributed by atoms with van der Waals surface area (Å²) < 4.78 is 13.7. The van der Waals surface area contributed by atoms with Crippen molar-refractivity contribution in [1.29, 1.82) is 0 Å². The first-order valence-corrected chi connectivity index (χ1v) is 7.20. The van der Waals surface area contributed by atoms with Crippen LogP contribution in [0, 0.1) is 5.82 Å². The monoisotopic (exact) mass is 299 g/mol. The highest BCUT2D eigenvalue weighted by Gasteiger charge is 2.27. The predicted molar refractivity (Wildman–Crippen MR) is 76.2 cm³/mol. The Labute approximate surface area is 123 Å². The van der Waals surface area contributed by atoms with Crippen LogP contribution in [-0.4, -0.2) is 34.6 Å². The van der Waals surface area contributed by atoms with Crippen LogP contribution in [0.5, 0.6) is 0 Å². The summed E-state index contributed by atoms with van der Waals surface area (Å²) in [5.74, 6) is -0.595. The van der Waals surface area contributed by atoms with Gasteiger partial charge in [0.05, 0.1) is 12.0 Å². The summed E-state index contributed by atoms with van der Waals surface area (Å²) in [5, 5.41) is 10.3. The fourth-order valence-corrected chi connectivity index (χ4v) is 2.71. The molecule has 2 rings (SSSR count). The topological polar surface area (TPSA) is 40.5 Å². The first-order chi connectivity index (χ1) is 9.39. The molecular formula is C15H19ClFNO2. The van der Waals surface area contributed by atoms with Crippen LogP contribution in [0.4, 0.5) is 4.39 Å². The first-order valence-electron chi connectivity index (χ1n) is 6.82. The SMILES string of the molecule is CC1(O)CCCN(C(=O)Cc2c(F)cccc2Cl)CC1. The van der Waals surface area contributed by atoms with E-state index >= 15 is 0 Å². The van der Waals surface area contributed by atoms with E-state index in [2.05, 4.69) is 0 Å². The number of rotatable bonds is 2. The number of aliphatic hydroxyl groups is 1. The van der Waals surface area contributed by atoms with Crippen molar-refractivity contribution in [3.8, 4) is 0 Å². The van der Waals surface area contributed by atoms with E-state index in [-0.39, 0.29) is 22.9 Å². The molecule has 0 spiro atoms. The van der Waals surface area contributed by atoms with Crippen molar-refractivity contribution in [2.75, 3.05) is 13.1 Å². The number of halogens is 2. The van der Waals surface area contributed by atoms with E-state index in [0.717, 1.165) is 6.42 Å². The van der Waals surface area contributed by atoms with E-state index in [4.69, 9.17) is 11.6 Å². The minimum atomic E-state index is -0.718. The smallest absolute Gasteiger partial charge is 0.227 e. The highest BCUT2D eigenvalue weighted by molar-refractivity contribution is 6.31. The number of carbonyl (C=O) groups excluding carboxylic acids is 1. The van der Waals surface area contributed by atoms with Crippen LogP contribution >= 0.6 is 11.6 Å². The van der Waals surface area contributed by atoms with Gasteiger partial charge in [-0.2, -0.15) is 0 Å². The molecule has 1 unspecified atom stereocenters. The zero-order valence-corrected chi connectivity index (χ0v) is 12.3. The van der Waals surface area contributed by atoms with Crippen molar-refractivity contribution in [2.24, 2.45) is 0 Å². The molecule has 110 valence electrons. The van der Waals surface area contributed by atoms with Gasteiger partial charge in [0.2, 0.25) is 5.91 Å². The summed E-state index contributed by atoms with van der Waals surface area (Å²) in [6.45, 7) is 2.88. The largest absolute Gasteiger partial charge is 0.390 e. The lowest BCUT2D eigenvalue weighted by Crippen LogP contribution is -2.34. The molecule has 0 radical (unpaired) electrons. The molecule has 1 N–H and O–H groups in total. The highest BCUT2D eigenvalue weighted by Crippen LogP contribution is 2.23. The predicted octanol–water partition coefficient (Wildman–Crippen LogP) is 2.79. The Morgan fingerprint density at radius 2 is 2.20 bits per heavy atom. The molecule has 1 aromatic rings. The molecule has 1 amide bonds. The molecule has 0 bridgehead atoms. The van der Waals surface area contributed by atoms with Crippen LogP contribution in [0.25, 0.3) is 0 Å². The van der Waals surface area contributed by atoms with E-state index in [9.17, 15) is 14.3 Å². The number of benzene rings is 1. The van der Waals surface area contributed by atoms with Gasteiger partial charge in [-0.3, -0.25) is 4.79 Å². The van der Waals surface area contributed by atoms with Crippen LogP contribution in [0.2, 0.25) is 5.02 Å². The molecule has 20 heavy (non-hydrogen) atoms. The van der Waals surface area contributed by atoms with Gasteiger partial charge in [-0.25, -0.2) is 4.39 Å². The zero-order chi connectivity index (χ0) is 14.8. The van der Waals surface area contributed by atoms with Gasteiger partial charge in [0.1, 0.15) is 5.82 Å². The van der Waals surface area contributed by atoms with E-state index in [0.29, 0.717) is 25.9 Å². The van der Waals surface area contributed by atoms with Crippen molar-refractivity contribution >= 4 is 17.5 Å². The molecule has 1 saturated heterocycles. The van der Waals surface area contributed by atoms with Crippen molar-refractivity contribution < 1.29 is 14.3 Å². The molecule has 0 aromatic heterocycles. The number of amides is 1. The zero-order valence-electron chi connectivity index (χ0n) is 11.5. The Morgan fingerprint density at radius 3 is 2.90 bits per heavy atom. The van der Waals surface area contributed by atoms with Crippen LogP contribution in [0.15, 0.2) is 18.2 Å². The Bertz CT molecular complexity index is 484. The van der Waals surface area contributed by atoms with E-state index in [1.807, 2.05) is 0 Å². The number of nitrogens with zero attached hydrogens (tertiary/aromatic N) is 1. The molecule has 1 atom stereocenters. The molecule has 1 fully saturated rings. The molecule has 1 heterocycles. The van der Waals surface area contributed by atoms with Gasteiger partial charge < -0.3 is 10.0 Å². The number of likely N-dealkylation sites (tertiary alicyclic amines) is 1. The van der Waals surface area contributed by atoms with Crippen molar-refractivity contribution in [3.63, 3.8) is 0 Å². The third-order valence-corrected chi connectivity index (χ3v) is 4.16. The third-order valence-electron chi connectivity index (χ3n) is 3.81. The van der Waals surface area contributed by atoms with Crippen molar-refractivity contribution in [1.82, 2.24) is 4.90 Å². The Kier molecular flexibility index (Phi) is 4.66. The maximum Gasteiger partial charge on any atom is 0.227 e. The highest BCUT2D eigenvalue weighted by atomic mass is 35.5. The second-order valence-electron chi connectivity index (χ2n) is 5.61. The van der Waals surface area contributed by atoms with E-state index < -0.39 is 11.4 Å². The maximum atomic E-state index is 13.7. The minimum absolute atomic E-state index is 0.0341. The van der Waals surface area contributed by atoms with Crippen LogP contribution in [-0.2, 0) is 11.2 Å². The van der Waals surface area contributed by atoms with Gasteiger partial charge in [-0.1, -0.05) is 17.7 Å². The quantitative estimate of drug-likeness (QED) is 0.912. The van der Waals surface area contributed by atoms with Crippen LogP contribution < -0.4 is 0 Å². The molecule has 0 saturated carbocycles. The number of hydrogen-bond acceptors (Lipinski definition) is 2. The normalized spacial score (nSPS) is 23.5. The van der Waals surface area contributed by atoms with Gasteiger partial charge in [-0.05, 0) is 38.3 Å². The molecule has 1 aromatic carbocycles. The Balaban J connectivity index is 2.05. The third kappa shape index (κ3) is 3.70. The summed E-state index contributed by atoms with van der Waals surface area (Å²) in [5.41, 5.74) is -0.472. The summed E-state index contributed by atoms with van der Waals surface area (Å²) >= 11 is 5.94. The number of carbonyl (C=O) groups is 1.